The van der Waals surface area contributed by atoms with Crippen LogP contribution in [0.25, 0.3) is 11.5 Å². The minimum absolute atomic E-state index is 0.0117. The number of alkyl halides is 8. The zero-order valence-corrected chi connectivity index (χ0v) is 19.9. The smallest absolute Gasteiger partial charge is 0.422 e. The first-order valence-corrected chi connectivity index (χ1v) is 11.4. The molecule has 0 saturated heterocycles. The van der Waals surface area contributed by atoms with Crippen molar-refractivity contribution in [2.24, 2.45) is 5.92 Å². The molecular weight excluding hydrogens is 542 g/mol. The quantitative estimate of drug-likeness (QED) is 0.345. The van der Waals surface area contributed by atoms with E-state index in [0.717, 1.165) is 18.5 Å². The van der Waals surface area contributed by atoms with E-state index in [4.69, 9.17) is 0 Å². The molecule has 0 bridgehead atoms. The van der Waals surface area contributed by atoms with Crippen molar-refractivity contribution >= 4 is 5.91 Å². The summed E-state index contributed by atoms with van der Waals surface area (Å²) in [5.41, 5.74) is -2.85. The van der Waals surface area contributed by atoms with Gasteiger partial charge >= 0.3 is 12.4 Å². The van der Waals surface area contributed by atoms with E-state index in [-0.39, 0.29) is 35.8 Å². The SMILES string of the molecule is CC(NC(=O)c1cc(C(F)(F)F)cc(C(F)(F)C2CC2)c1)c1nccnc1-c1ncc(OCC(F)(F)F)cn1. The van der Waals surface area contributed by atoms with Gasteiger partial charge in [-0.25, -0.2) is 23.7 Å². The number of ether oxygens (including phenoxy) is 1. The molecule has 3 aromatic rings. The third-order valence-corrected chi connectivity index (χ3v) is 5.72. The number of carbonyl (C=O) groups is 1. The predicted octanol–water partition coefficient (Wildman–Crippen LogP) is 5.89. The summed E-state index contributed by atoms with van der Waals surface area (Å²) in [6.45, 7) is -0.140. The molecule has 1 aliphatic rings. The summed E-state index contributed by atoms with van der Waals surface area (Å²) in [7, 11) is 0. The highest BCUT2D eigenvalue weighted by molar-refractivity contribution is 5.95. The van der Waals surface area contributed by atoms with Crippen LogP contribution in [-0.2, 0) is 12.1 Å². The van der Waals surface area contributed by atoms with Crippen molar-refractivity contribution in [3.05, 3.63) is 65.4 Å². The van der Waals surface area contributed by atoms with Crippen molar-refractivity contribution in [3.8, 4) is 17.3 Å². The number of benzene rings is 1. The van der Waals surface area contributed by atoms with Gasteiger partial charge in [-0.05, 0) is 38.0 Å². The number of hydrogen-bond donors (Lipinski definition) is 1. The van der Waals surface area contributed by atoms with Gasteiger partial charge in [0.15, 0.2) is 18.2 Å². The van der Waals surface area contributed by atoms with E-state index in [1.165, 1.54) is 19.3 Å². The molecule has 2 aromatic heterocycles. The Morgan fingerprint density at radius 1 is 0.949 bits per heavy atom. The molecule has 1 aliphatic carbocycles. The summed E-state index contributed by atoms with van der Waals surface area (Å²) >= 11 is 0. The Balaban J connectivity index is 1.58. The predicted molar refractivity (Wildman–Crippen MR) is 119 cm³/mol. The molecular formula is C24H19F8N5O2. The molecule has 1 unspecified atom stereocenters. The Labute approximate surface area is 215 Å². The number of nitrogens with zero attached hydrogens (tertiary/aromatic N) is 4. The zero-order valence-electron chi connectivity index (χ0n) is 19.9. The Morgan fingerprint density at radius 3 is 2.15 bits per heavy atom. The summed E-state index contributed by atoms with van der Waals surface area (Å²) in [6, 6.07) is 0.539. The number of nitrogens with one attached hydrogen (secondary N) is 1. The van der Waals surface area contributed by atoms with Crippen LogP contribution in [0, 0.1) is 5.92 Å². The van der Waals surface area contributed by atoms with E-state index in [1.54, 1.807) is 0 Å². The van der Waals surface area contributed by atoms with Crippen LogP contribution in [0.4, 0.5) is 35.1 Å². The number of hydrogen-bond acceptors (Lipinski definition) is 6. The van der Waals surface area contributed by atoms with Gasteiger partial charge in [0.1, 0.15) is 5.69 Å². The average Bonchev–Trinajstić information content (AvgIpc) is 3.73. The minimum atomic E-state index is -4.97. The second-order valence-corrected chi connectivity index (χ2v) is 8.83. The van der Waals surface area contributed by atoms with Gasteiger partial charge in [0.2, 0.25) is 0 Å². The summed E-state index contributed by atoms with van der Waals surface area (Å²) in [4.78, 5) is 28.9. The number of rotatable bonds is 8. The average molecular weight is 561 g/mol. The first kappa shape index (κ1) is 28.1. The Kier molecular flexibility index (Phi) is 7.45. The molecule has 39 heavy (non-hydrogen) atoms. The highest BCUT2D eigenvalue weighted by Gasteiger charge is 2.49. The third kappa shape index (κ3) is 6.75. The van der Waals surface area contributed by atoms with Crippen molar-refractivity contribution < 1.29 is 44.7 Å². The fourth-order valence-corrected chi connectivity index (χ4v) is 3.66. The molecule has 1 N–H and O–H groups in total. The van der Waals surface area contributed by atoms with Crippen molar-refractivity contribution in [1.82, 2.24) is 25.3 Å². The zero-order chi connectivity index (χ0) is 28.6. The highest BCUT2D eigenvalue weighted by atomic mass is 19.4. The number of carbonyl (C=O) groups excluding carboxylic acids is 1. The first-order valence-electron chi connectivity index (χ1n) is 11.4. The lowest BCUT2D eigenvalue weighted by atomic mass is 9.97. The molecule has 1 amide bonds. The van der Waals surface area contributed by atoms with E-state index >= 15 is 0 Å². The lowest BCUT2D eigenvalue weighted by Gasteiger charge is -2.20. The molecule has 1 atom stereocenters. The van der Waals surface area contributed by atoms with E-state index in [1.807, 2.05) is 0 Å². The van der Waals surface area contributed by atoms with Crippen LogP contribution in [0.1, 0.15) is 53.0 Å². The van der Waals surface area contributed by atoms with E-state index in [9.17, 15) is 39.9 Å². The van der Waals surface area contributed by atoms with Gasteiger partial charge in [0.05, 0.1) is 29.7 Å². The first-order chi connectivity index (χ1) is 18.1. The lowest BCUT2D eigenvalue weighted by molar-refractivity contribution is -0.153. The lowest BCUT2D eigenvalue weighted by Crippen LogP contribution is -2.29. The fraction of sp³-hybridized carbons (Fsp3) is 0.375. The molecule has 2 heterocycles. The molecule has 1 saturated carbocycles. The van der Waals surface area contributed by atoms with E-state index in [0.29, 0.717) is 12.1 Å². The second kappa shape index (κ2) is 10.3. The van der Waals surface area contributed by atoms with Gasteiger partial charge in [-0.1, -0.05) is 0 Å². The maximum atomic E-state index is 14.7. The minimum Gasteiger partial charge on any atom is -0.481 e. The van der Waals surface area contributed by atoms with Crippen LogP contribution in [0.2, 0.25) is 0 Å². The van der Waals surface area contributed by atoms with Crippen molar-refractivity contribution in [2.75, 3.05) is 6.61 Å². The maximum absolute atomic E-state index is 14.7. The highest BCUT2D eigenvalue weighted by Crippen LogP contribution is 2.50. The van der Waals surface area contributed by atoms with Gasteiger partial charge in [0, 0.05) is 29.4 Å². The van der Waals surface area contributed by atoms with Gasteiger partial charge in [-0.15, -0.1) is 0 Å². The number of amides is 1. The molecule has 208 valence electrons. The normalized spacial score (nSPS) is 15.1. The van der Waals surface area contributed by atoms with Crippen LogP contribution in [0.15, 0.2) is 43.0 Å². The topological polar surface area (TPSA) is 89.9 Å². The van der Waals surface area contributed by atoms with Crippen LogP contribution in [0.5, 0.6) is 5.75 Å². The summed E-state index contributed by atoms with van der Waals surface area (Å²) in [5.74, 6) is -6.07. The Morgan fingerprint density at radius 2 is 1.56 bits per heavy atom. The standard InChI is InChI=1S/C24H19F8N5O2/c1-12(18-19(34-5-4-33-18)20-35-9-17(10-36-20)39-11-22(25,26)27)37-21(38)13-6-15(23(28,29)14-2-3-14)8-16(7-13)24(30,31)32/h4-10,12,14H,2-3,11H2,1H3,(H,37,38). The van der Waals surface area contributed by atoms with Crippen molar-refractivity contribution in [3.63, 3.8) is 0 Å². The van der Waals surface area contributed by atoms with E-state index in [2.05, 4.69) is 30.0 Å². The van der Waals surface area contributed by atoms with Crippen LogP contribution in [-0.4, -0.2) is 38.6 Å². The van der Waals surface area contributed by atoms with Gasteiger partial charge in [-0.3, -0.25) is 9.78 Å². The number of aromatic nitrogens is 4. The summed E-state index contributed by atoms with van der Waals surface area (Å²) in [5, 5.41) is 2.41. The monoisotopic (exact) mass is 561 g/mol. The van der Waals surface area contributed by atoms with Crippen molar-refractivity contribution in [2.45, 2.75) is 44.1 Å². The molecule has 1 aromatic carbocycles. The summed E-state index contributed by atoms with van der Waals surface area (Å²) < 4.78 is 111. The molecule has 7 nitrogen and oxygen atoms in total. The van der Waals surface area contributed by atoms with Crippen LogP contribution >= 0.6 is 0 Å². The maximum Gasteiger partial charge on any atom is 0.422 e. The Bertz CT molecular complexity index is 1340. The third-order valence-electron chi connectivity index (χ3n) is 5.72. The molecule has 15 heteroatoms. The van der Waals surface area contributed by atoms with Gasteiger partial charge in [0.25, 0.3) is 11.8 Å². The Hall–Kier alpha value is -3.91. The molecule has 4 rings (SSSR count). The van der Waals surface area contributed by atoms with Gasteiger partial charge in [-0.2, -0.15) is 26.3 Å². The van der Waals surface area contributed by atoms with Crippen molar-refractivity contribution in [1.29, 1.82) is 0 Å². The molecule has 0 spiro atoms. The number of halogens is 8. The summed E-state index contributed by atoms with van der Waals surface area (Å²) in [6.07, 6.45) is -4.77. The van der Waals surface area contributed by atoms with Crippen LogP contribution in [0.3, 0.4) is 0 Å². The van der Waals surface area contributed by atoms with E-state index < -0.39 is 59.4 Å². The fourth-order valence-electron chi connectivity index (χ4n) is 3.66. The van der Waals surface area contributed by atoms with Gasteiger partial charge < -0.3 is 10.1 Å². The molecule has 1 fully saturated rings. The van der Waals surface area contributed by atoms with Crippen LogP contribution < -0.4 is 10.1 Å². The molecule has 0 aliphatic heterocycles. The molecule has 0 radical (unpaired) electrons. The largest absolute Gasteiger partial charge is 0.481 e. The second-order valence-electron chi connectivity index (χ2n) is 8.83.